The molecule has 0 bridgehead atoms. The third-order valence-corrected chi connectivity index (χ3v) is 4.98. The number of nitrogens with one attached hydrogen (secondary N) is 2. The van der Waals surface area contributed by atoms with Crippen LogP contribution in [0.25, 0.3) is 0 Å². The number of methoxy groups -OCH3 is 2. The average molecular weight is 416 g/mol. The molecule has 0 spiro atoms. The van der Waals surface area contributed by atoms with Gasteiger partial charge in [0.25, 0.3) is 0 Å². The average Bonchev–Trinajstić information content (AvgIpc) is 3.28. The van der Waals surface area contributed by atoms with E-state index in [1.54, 1.807) is 20.4 Å². The summed E-state index contributed by atoms with van der Waals surface area (Å²) in [5.41, 5.74) is 0.849. The van der Waals surface area contributed by atoms with Crippen LogP contribution in [0.2, 0.25) is 0 Å². The van der Waals surface area contributed by atoms with Crippen molar-refractivity contribution < 1.29 is 14.2 Å². The lowest BCUT2D eigenvalue weighted by Gasteiger charge is -2.16. The van der Waals surface area contributed by atoms with E-state index in [4.69, 9.17) is 14.2 Å². The molecule has 1 aromatic carbocycles. The highest BCUT2D eigenvalue weighted by Gasteiger charge is 2.11. The molecule has 3 rings (SSSR count). The summed E-state index contributed by atoms with van der Waals surface area (Å²) in [7, 11) is 3.36. The molecule has 2 aromatic rings. The summed E-state index contributed by atoms with van der Waals surface area (Å²) in [6.07, 6.45) is 6.27. The normalized spacial score (nSPS) is 13.9. The number of nitrogens with zero attached hydrogens (tertiary/aromatic N) is 3. The number of hydrogen-bond donors (Lipinski definition) is 2. The van der Waals surface area contributed by atoms with Gasteiger partial charge in [-0.2, -0.15) is 4.98 Å². The molecule has 164 valence electrons. The standard InChI is InChI=1S/C22H33N5O3/c1-28-15-5-10-23-21-9-11-24-22(26-21)25-18-7-8-19(29-2)20(17-18)30-16-6-14-27-12-3-4-13-27/h7-9,11,17H,3-6,10,12-16H2,1-2H3,(H2,23,24,25,26). The van der Waals surface area contributed by atoms with Crippen LogP contribution in [0.15, 0.2) is 30.5 Å². The fourth-order valence-electron chi connectivity index (χ4n) is 3.42. The Bertz CT molecular complexity index is 768. The van der Waals surface area contributed by atoms with Crippen molar-refractivity contribution in [3.05, 3.63) is 30.5 Å². The maximum atomic E-state index is 6.01. The Kier molecular flexibility index (Phi) is 8.99. The monoisotopic (exact) mass is 415 g/mol. The smallest absolute Gasteiger partial charge is 0.229 e. The molecule has 1 aromatic heterocycles. The van der Waals surface area contributed by atoms with E-state index in [0.717, 1.165) is 55.5 Å². The summed E-state index contributed by atoms with van der Waals surface area (Å²) in [6.45, 7) is 5.68. The van der Waals surface area contributed by atoms with Crippen molar-refractivity contribution in [1.82, 2.24) is 14.9 Å². The summed E-state index contributed by atoms with van der Waals surface area (Å²) in [5, 5.41) is 6.51. The van der Waals surface area contributed by atoms with E-state index in [9.17, 15) is 0 Å². The Hall–Kier alpha value is -2.58. The molecule has 2 heterocycles. The highest BCUT2D eigenvalue weighted by Crippen LogP contribution is 2.31. The molecule has 1 aliphatic heterocycles. The molecule has 8 nitrogen and oxygen atoms in total. The Morgan fingerprint density at radius 1 is 1.03 bits per heavy atom. The second-order valence-corrected chi connectivity index (χ2v) is 7.28. The topological polar surface area (TPSA) is 80.8 Å². The van der Waals surface area contributed by atoms with Crippen molar-refractivity contribution in [2.75, 3.05) is 64.2 Å². The van der Waals surface area contributed by atoms with Crippen molar-refractivity contribution in [2.45, 2.75) is 25.7 Å². The zero-order valence-electron chi connectivity index (χ0n) is 18.0. The van der Waals surface area contributed by atoms with Gasteiger partial charge in [0.15, 0.2) is 11.5 Å². The molecule has 0 saturated carbocycles. The molecule has 0 atom stereocenters. The minimum atomic E-state index is 0.525. The van der Waals surface area contributed by atoms with Crippen LogP contribution in [0.3, 0.4) is 0 Å². The van der Waals surface area contributed by atoms with E-state index in [0.29, 0.717) is 12.6 Å². The van der Waals surface area contributed by atoms with Gasteiger partial charge in [0.05, 0.1) is 13.7 Å². The van der Waals surface area contributed by atoms with Crippen molar-refractivity contribution >= 4 is 17.5 Å². The van der Waals surface area contributed by atoms with Crippen LogP contribution >= 0.6 is 0 Å². The first-order valence-corrected chi connectivity index (χ1v) is 10.6. The van der Waals surface area contributed by atoms with Gasteiger partial charge in [0, 0.05) is 44.8 Å². The first-order chi connectivity index (χ1) is 14.8. The largest absolute Gasteiger partial charge is 0.493 e. The van der Waals surface area contributed by atoms with Crippen LogP contribution in [0.1, 0.15) is 25.7 Å². The molecule has 1 saturated heterocycles. The second-order valence-electron chi connectivity index (χ2n) is 7.28. The lowest BCUT2D eigenvalue weighted by atomic mass is 10.2. The van der Waals surface area contributed by atoms with Crippen molar-refractivity contribution in [3.63, 3.8) is 0 Å². The predicted octanol–water partition coefficient (Wildman–Crippen LogP) is 3.54. The summed E-state index contributed by atoms with van der Waals surface area (Å²) in [4.78, 5) is 11.3. The molecular formula is C22H33N5O3. The third-order valence-electron chi connectivity index (χ3n) is 4.98. The maximum Gasteiger partial charge on any atom is 0.229 e. The predicted molar refractivity (Wildman–Crippen MR) is 119 cm³/mol. The van der Waals surface area contributed by atoms with Gasteiger partial charge in [-0.15, -0.1) is 0 Å². The van der Waals surface area contributed by atoms with Gasteiger partial charge in [0.1, 0.15) is 5.82 Å². The Balaban J connectivity index is 1.54. The van der Waals surface area contributed by atoms with Crippen molar-refractivity contribution in [3.8, 4) is 11.5 Å². The van der Waals surface area contributed by atoms with Crippen LogP contribution in [0.5, 0.6) is 11.5 Å². The minimum Gasteiger partial charge on any atom is -0.493 e. The van der Waals surface area contributed by atoms with Crippen LogP contribution in [-0.4, -0.2) is 68.5 Å². The van der Waals surface area contributed by atoms with Crippen LogP contribution in [-0.2, 0) is 4.74 Å². The summed E-state index contributed by atoms with van der Waals surface area (Å²) in [6, 6.07) is 7.60. The molecule has 30 heavy (non-hydrogen) atoms. The minimum absolute atomic E-state index is 0.525. The van der Waals surface area contributed by atoms with E-state index in [1.807, 2.05) is 24.3 Å². The van der Waals surface area contributed by atoms with Crippen LogP contribution < -0.4 is 20.1 Å². The molecular weight excluding hydrogens is 382 g/mol. The first kappa shape index (κ1) is 22.1. The molecule has 1 fully saturated rings. The quantitative estimate of drug-likeness (QED) is 0.481. The molecule has 8 heteroatoms. The second kappa shape index (κ2) is 12.2. The number of ether oxygens (including phenoxy) is 3. The molecule has 1 aliphatic rings. The summed E-state index contributed by atoms with van der Waals surface area (Å²) >= 11 is 0. The first-order valence-electron chi connectivity index (χ1n) is 10.6. The van der Waals surface area contributed by atoms with Crippen LogP contribution in [0, 0.1) is 0 Å². The zero-order chi connectivity index (χ0) is 21.0. The van der Waals surface area contributed by atoms with Gasteiger partial charge < -0.3 is 29.7 Å². The zero-order valence-corrected chi connectivity index (χ0v) is 18.0. The van der Waals surface area contributed by atoms with E-state index in [-0.39, 0.29) is 0 Å². The highest BCUT2D eigenvalue weighted by atomic mass is 16.5. The Labute approximate surface area is 179 Å². The molecule has 0 amide bonds. The van der Waals surface area contributed by atoms with Gasteiger partial charge in [-0.3, -0.25) is 0 Å². The van der Waals surface area contributed by atoms with Gasteiger partial charge >= 0.3 is 0 Å². The molecule has 0 radical (unpaired) electrons. The number of aromatic nitrogens is 2. The van der Waals surface area contributed by atoms with E-state index in [1.165, 1.54) is 25.9 Å². The van der Waals surface area contributed by atoms with Crippen molar-refractivity contribution in [2.24, 2.45) is 0 Å². The molecule has 0 aliphatic carbocycles. The lowest BCUT2D eigenvalue weighted by molar-refractivity contribution is 0.198. The highest BCUT2D eigenvalue weighted by molar-refractivity contribution is 5.60. The number of hydrogen-bond acceptors (Lipinski definition) is 8. The number of benzene rings is 1. The molecule has 0 unspecified atom stereocenters. The number of rotatable bonds is 13. The fraction of sp³-hybridized carbons (Fsp3) is 0.545. The van der Waals surface area contributed by atoms with E-state index >= 15 is 0 Å². The number of likely N-dealkylation sites (tertiary alicyclic amines) is 1. The SMILES string of the molecule is COCCCNc1ccnc(Nc2ccc(OC)c(OCCCN3CCCC3)c2)n1. The third kappa shape index (κ3) is 7.03. The fourth-order valence-corrected chi connectivity index (χ4v) is 3.42. The summed E-state index contributed by atoms with van der Waals surface area (Å²) in [5.74, 6) is 2.74. The van der Waals surface area contributed by atoms with E-state index < -0.39 is 0 Å². The van der Waals surface area contributed by atoms with Gasteiger partial charge in [-0.1, -0.05) is 0 Å². The number of anilines is 3. The lowest BCUT2D eigenvalue weighted by Crippen LogP contribution is -2.21. The Morgan fingerprint density at radius 3 is 2.70 bits per heavy atom. The van der Waals surface area contributed by atoms with E-state index in [2.05, 4.69) is 25.5 Å². The maximum absolute atomic E-state index is 6.01. The van der Waals surface area contributed by atoms with Gasteiger partial charge in [0.2, 0.25) is 5.95 Å². The van der Waals surface area contributed by atoms with Crippen LogP contribution in [0.4, 0.5) is 17.5 Å². The van der Waals surface area contributed by atoms with Crippen molar-refractivity contribution in [1.29, 1.82) is 0 Å². The summed E-state index contributed by atoms with van der Waals surface area (Å²) < 4.78 is 16.5. The molecule has 2 N–H and O–H groups in total. The van der Waals surface area contributed by atoms with Gasteiger partial charge in [-0.25, -0.2) is 4.98 Å². The Morgan fingerprint density at radius 2 is 1.90 bits per heavy atom. The van der Waals surface area contributed by atoms with Gasteiger partial charge in [-0.05, 0) is 57.0 Å².